The number of ether oxygens (including phenoxy) is 1. The Morgan fingerprint density at radius 2 is 2.28 bits per heavy atom. The first-order valence-corrected chi connectivity index (χ1v) is 5.88. The minimum Gasteiger partial charge on any atom is -0.481 e. The highest BCUT2D eigenvalue weighted by Crippen LogP contribution is 2.42. The summed E-state index contributed by atoms with van der Waals surface area (Å²) < 4.78 is 5.52. The Morgan fingerprint density at radius 1 is 1.50 bits per heavy atom. The van der Waals surface area contributed by atoms with Gasteiger partial charge in [-0.15, -0.1) is 0 Å². The molecule has 0 radical (unpaired) electrons. The fraction of sp³-hybridized carbons (Fsp3) is 0.385. The fourth-order valence-corrected chi connectivity index (χ4v) is 2.57. The van der Waals surface area contributed by atoms with Crippen molar-refractivity contribution in [3.63, 3.8) is 0 Å². The molecule has 2 N–H and O–H groups in total. The van der Waals surface area contributed by atoms with Gasteiger partial charge in [-0.2, -0.15) is 0 Å². The standard InChI is InChI=1S/C13H13NO4/c15-11-6-8-5-9(1-2-10(8)14-11)13(3-4-18-13)7-12(16)17/h1-2,5H,3-4,6-7H2,(H,14,15)(H,16,17). The Bertz CT molecular complexity index is 534. The van der Waals surface area contributed by atoms with Crippen LogP contribution in [0.1, 0.15) is 24.0 Å². The molecule has 1 aromatic carbocycles. The molecule has 3 rings (SSSR count). The van der Waals surface area contributed by atoms with Gasteiger partial charge in [0.05, 0.1) is 19.4 Å². The van der Waals surface area contributed by atoms with Gasteiger partial charge in [0.15, 0.2) is 0 Å². The topological polar surface area (TPSA) is 75.6 Å². The van der Waals surface area contributed by atoms with Gasteiger partial charge in [0.2, 0.25) is 5.91 Å². The van der Waals surface area contributed by atoms with E-state index in [0.29, 0.717) is 19.4 Å². The molecule has 1 aromatic rings. The lowest BCUT2D eigenvalue weighted by atomic mass is 9.82. The van der Waals surface area contributed by atoms with Crippen molar-refractivity contribution >= 4 is 17.6 Å². The average Bonchev–Trinajstić information content (AvgIpc) is 2.62. The third-order valence-corrected chi connectivity index (χ3v) is 3.58. The van der Waals surface area contributed by atoms with Gasteiger partial charge in [-0.25, -0.2) is 0 Å². The van der Waals surface area contributed by atoms with Gasteiger partial charge < -0.3 is 15.2 Å². The van der Waals surface area contributed by atoms with Crippen molar-refractivity contribution in [1.82, 2.24) is 0 Å². The maximum atomic E-state index is 11.3. The SMILES string of the molecule is O=C(O)CC1(c2ccc3c(c2)CC(=O)N3)CCO1. The van der Waals surface area contributed by atoms with Gasteiger partial charge in [-0.05, 0) is 17.2 Å². The number of hydrogen-bond donors (Lipinski definition) is 2. The first kappa shape index (κ1) is 11.2. The molecule has 0 aliphatic carbocycles. The van der Waals surface area contributed by atoms with Crippen LogP contribution in [0.3, 0.4) is 0 Å². The Balaban J connectivity index is 1.95. The fourth-order valence-electron chi connectivity index (χ4n) is 2.57. The number of rotatable bonds is 3. The van der Waals surface area contributed by atoms with Crippen LogP contribution < -0.4 is 5.32 Å². The molecule has 94 valence electrons. The number of hydrogen-bond acceptors (Lipinski definition) is 3. The van der Waals surface area contributed by atoms with Gasteiger partial charge in [-0.1, -0.05) is 12.1 Å². The smallest absolute Gasteiger partial charge is 0.306 e. The van der Waals surface area contributed by atoms with E-state index in [1.54, 1.807) is 0 Å². The van der Waals surface area contributed by atoms with Crippen molar-refractivity contribution < 1.29 is 19.4 Å². The summed E-state index contributed by atoms with van der Waals surface area (Å²) in [6.07, 6.45) is 1.03. The molecule has 0 aromatic heterocycles. The van der Waals surface area contributed by atoms with Crippen LogP contribution in [-0.2, 0) is 26.3 Å². The van der Waals surface area contributed by atoms with Crippen LogP contribution >= 0.6 is 0 Å². The molecular formula is C13H13NO4. The van der Waals surface area contributed by atoms with E-state index in [-0.39, 0.29) is 12.3 Å². The molecule has 0 saturated carbocycles. The third kappa shape index (κ3) is 1.67. The molecular weight excluding hydrogens is 234 g/mol. The van der Waals surface area contributed by atoms with E-state index in [4.69, 9.17) is 9.84 Å². The van der Waals surface area contributed by atoms with Gasteiger partial charge in [0, 0.05) is 12.1 Å². The van der Waals surface area contributed by atoms with Crippen molar-refractivity contribution in [2.45, 2.75) is 24.9 Å². The van der Waals surface area contributed by atoms with Gasteiger partial charge in [0.1, 0.15) is 5.60 Å². The van der Waals surface area contributed by atoms with Crippen molar-refractivity contribution in [2.24, 2.45) is 0 Å². The summed E-state index contributed by atoms with van der Waals surface area (Å²) in [6.45, 7) is 0.585. The third-order valence-electron chi connectivity index (χ3n) is 3.58. The molecule has 18 heavy (non-hydrogen) atoms. The number of carboxylic acids is 1. The lowest BCUT2D eigenvalue weighted by Crippen LogP contribution is -2.42. The van der Waals surface area contributed by atoms with E-state index in [0.717, 1.165) is 16.8 Å². The normalized spacial score (nSPS) is 25.2. The summed E-state index contributed by atoms with van der Waals surface area (Å²) in [5, 5.41) is 11.7. The first-order chi connectivity index (χ1) is 8.59. The van der Waals surface area contributed by atoms with Crippen molar-refractivity contribution in [2.75, 3.05) is 11.9 Å². The minimum atomic E-state index is -0.871. The lowest BCUT2D eigenvalue weighted by Gasteiger charge is -2.41. The number of carbonyl (C=O) groups is 2. The van der Waals surface area contributed by atoms with Crippen LogP contribution in [0.4, 0.5) is 5.69 Å². The van der Waals surface area contributed by atoms with Crippen molar-refractivity contribution in [1.29, 1.82) is 0 Å². The van der Waals surface area contributed by atoms with E-state index in [2.05, 4.69) is 5.32 Å². The van der Waals surface area contributed by atoms with E-state index in [9.17, 15) is 9.59 Å². The summed E-state index contributed by atoms with van der Waals surface area (Å²) in [5.74, 6) is -0.895. The Morgan fingerprint density at radius 3 is 2.89 bits per heavy atom. The summed E-state index contributed by atoms with van der Waals surface area (Å²) in [7, 11) is 0. The average molecular weight is 247 g/mol. The second-order valence-electron chi connectivity index (χ2n) is 4.76. The van der Waals surface area contributed by atoms with Crippen LogP contribution in [-0.4, -0.2) is 23.6 Å². The van der Waals surface area contributed by atoms with Crippen LogP contribution in [0.5, 0.6) is 0 Å². The molecule has 1 saturated heterocycles. The maximum Gasteiger partial charge on any atom is 0.306 e. The molecule has 2 aliphatic rings. The highest BCUT2D eigenvalue weighted by molar-refractivity contribution is 5.99. The van der Waals surface area contributed by atoms with Crippen LogP contribution in [0.25, 0.3) is 0 Å². The lowest BCUT2D eigenvalue weighted by molar-refractivity contribution is -0.176. The molecule has 2 heterocycles. The molecule has 1 fully saturated rings. The zero-order valence-corrected chi connectivity index (χ0v) is 9.73. The summed E-state index contributed by atoms with van der Waals surface area (Å²) in [5.41, 5.74) is 1.88. The van der Waals surface area contributed by atoms with Gasteiger partial charge in [0.25, 0.3) is 0 Å². The zero-order valence-electron chi connectivity index (χ0n) is 9.73. The highest BCUT2D eigenvalue weighted by Gasteiger charge is 2.42. The Hall–Kier alpha value is -1.88. The largest absolute Gasteiger partial charge is 0.481 e. The van der Waals surface area contributed by atoms with Crippen LogP contribution in [0, 0.1) is 0 Å². The van der Waals surface area contributed by atoms with E-state index in [1.165, 1.54) is 0 Å². The van der Waals surface area contributed by atoms with Gasteiger partial charge >= 0.3 is 5.97 Å². The monoisotopic (exact) mass is 247 g/mol. The number of amides is 1. The molecule has 0 bridgehead atoms. The number of nitrogens with one attached hydrogen (secondary N) is 1. The Labute approximate surface area is 104 Å². The Kier molecular flexibility index (Phi) is 2.38. The van der Waals surface area contributed by atoms with Gasteiger partial charge in [-0.3, -0.25) is 9.59 Å². The second kappa shape index (κ2) is 3.81. The quantitative estimate of drug-likeness (QED) is 0.843. The van der Waals surface area contributed by atoms with E-state index in [1.807, 2.05) is 18.2 Å². The molecule has 1 unspecified atom stereocenters. The number of benzene rings is 1. The first-order valence-electron chi connectivity index (χ1n) is 5.88. The highest BCUT2D eigenvalue weighted by atomic mass is 16.5. The molecule has 1 amide bonds. The molecule has 5 heteroatoms. The molecule has 2 aliphatic heterocycles. The van der Waals surface area contributed by atoms with Crippen molar-refractivity contribution in [3.05, 3.63) is 29.3 Å². The number of fused-ring (bicyclic) bond motifs is 1. The van der Waals surface area contributed by atoms with Crippen molar-refractivity contribution in [3.8, 4) is 0 Å². The number of carboxylic acid groups (broad SMARTS) is 1. The van der Waals surface area contributed by atoms with Crippen LogP contribution in [0.15, 0.2) is 18.2 Å². The van der Waals surface area contributed by atoms with Crippen LogP contribution in [0.2, 0.25) is 0 Å². The number of anilines is 1. The summed E-state index contributed by atoms with van der Waals surface area (Å²) in [6, 6.07) is 5.54. The summed E-state index contributed by atoms with van der Waals surface area (Å²) >= 11 is 0. The molecule has 0 spiro atoms. The predicted octanol–water partition coefficient (Wildman–Crippen LogP) is 1.27. The minimum absolute atomic E-state index is 0.0241. The second-order valence-corrected chi connectivity index (χ2v) is 4.76. The number of aliphatic carboxylic acids is 1. The summed E-state index contributed by atoms with van der Waals surface area (Å²) in [4.78, 5) is 22.2. The molecule has 1 atom stereocenters. The van der Waals surface area contributed by atoms with E-state index >= 15 is 0 Å². The predicted molar refractivity (Wildman–Crippen MR) is 63.3 cm³/mol. The molecule has 5 nitrogen and oxygen atoms in total. The number of carbonyl (C=O) groups excluding carboxylic acids is 1. The maximum absolute atomic E-state index is 11.3. The van der Waals surface area contributed by atoms with E-state index < -0.39 is 11.6 Å². The zero-order chi connectivity index (χ0) is 12.8.